The predicted molar refractivity (Wildman–Crippen MR) is 108 cm³/mol. The minimum absolute atomic E-state index is 0.450. The third-order valence-electron chi connectivity index (χ3n) is 4.63. The molecule has 0 aliphatic rings. The minimum atomic E-state index is -0.991. The number of hydrogen-bond acceptors (Lipinski definition) is 6. The monoisotopic (exact) mass is 374 g/mol. The first kappa shape index (κ1) is 18.1. The Morgan fingerprint density at radius 1 is 1.11 bits per heavy atom. The number of aliphatic hydroxyl groups is 1. The van der Waals surface area contributed by atoms with E-state index in [-0.39, 0.29) is 0 Å². The van der Waals surface area contributed by atoms with Gasteiger partial charge in [-0.3, -0.25) is 4.98 Å². The molecule has 0 saturated heterocycles. The van der Waals surface area contributed by atoms with Crippen molar-refractivity contribution in [2.24, 2.45) is 0 Å². The summed E-state index contributed by atoms with van der Waals surface area (Å²) in [7, 11) is 0. The molecule has 0 spiro atoms. The Balaban J connectivity index is 1.70. The number of aromatic nitrogens is 5. The first-order valence-corrected chi connectivity index (χ1v) is 9.06. The summed E-state index contributed by atoms with van der Waals surface area (Å²) < 4.78 is 1.73. The highest BCUT2D eigenvalue weighted by Gasteiger charge is 2.18. The van der Waals surface area contributed by atoms with Crippen LogP contribution in [0.3, 0.4) is 0 Å². The zero-order chi connectivity index (χ0) is 19.9. The van der Waals surface area contributed by atoms with Crippen molar-refractivity contribution in [3.8, 4) is 11.3 Å². The zero-order valence-corrected chi connectivity index (χ0v) is 16.1. The molecule has 0 amide bonds. The third-order valence-corrected chi connectivity index (χ3v) is 4.63. The summed E-state index contributed by atoms with van der Waals surface area (Å²) in [6.07, 6.45) is 1.87. The summed E-state index contributed by atoms with van der Waals surface area (Å²) in [6, 6.07) is 13.4. The highest BCUT2D eigenvalue weighted by molar-refractivity contribution is 5.96. The number of anilines is 1. The van der Waals surface area contributed by atoms with Crippen LogP contribution < -0.4 is 5.73 Å². The van der Waals surface area contributed by atoms with Gasteiger partial charge in [0.2, 0.25) is 0 Å². The van der Waals surface area contributed by atoms with Crippen molar-refractivity contribution < 1.29 is 5.11 Å². The number of pyridine rings is 2. The molecule has 3 N–H and O–H groups in total. The first-order chi connectivity index (χ1) is 13.3. The Hall–Kier alpha value is -3.32. The Kier molecular flexibility index (Phi) is 4.31. The fourth-order valence-electron chi connectivity index (χ4n) is 3.20. The molecule has 0 radical (unpaired) electrons. The number of nitrogen functional groups attached to an aromatic ring is 1. The summed E-state index contributed by atoms with van der Waals surface area (Å²) in [4.78, 5) is 8.99. The quantitative estimate of drug-likeness (QED) is 0.569. The number of hydrogen-bond donors (Lipinski definition) is 2. The number of aryl methyl sites for hydroxylation is 1. The van der Waals surface area contributed by atoms with E-state index in [2.05, 4.69) is 20.3 Å². The van der Waals surface area contributed by atoms with E-state index in [0.29, 0.717) is 18.1 Å². The largest absolute Gasteiger partial charge is 0.384 e. The second-order valence-electron chi connectivity index (χ2n) is 7.44. The van der Waals surface area contributed by atoms with Gasteiger partial charge < -0.3 is 10.8 Å². The Morgan fingerprint density at radius 2 is 1.89 bits per heavy atom. The van der Waals surface area contributed by atoms with Crippen LogP contribution in [-0.4, -0.2) is 30.1 Å². The summed E-state index contributed by atoms with van der Waals surface area (Å²) in [5.74, 6) is 0.450. The van der Waals surface area contributed by atoms with Gasteiger partial charge in [0.1, 0.15) is 17.1 Å². The molecule has 0 fully saturated rings. The molecule has 0 unspecified atom stereocenters. The van der Waals surface area contributed by atoms with Gasteiger partial charge in [-0.2, -0.15) is 0 Å². The maximum atomic E-state index is 10.2. The third kappa shape index (κ3) is 3.44. The highest BCUT2D eigenvalue weighted by Crippen LogP contribution is 2.29. The fourth-order valence-corrected chi connectivity index (χ4v) is 3.20. The predicted octanol–water partition coefficient (Wildman–Crippen LogP) is 3.05. The summed E-state index contributed by atoms with van der Waals surface area (Å²) in [5.41, 5.74) is 10.00. The van der Waals surface area contributed by atoms with Gasteiger partial charge in [0.25, 0.3) is 0 Å². The van der Waals surface area contributed by atoms with Crippen molar-refractivity contribution >= 4 is 16.7 Å². The van der Waals surface area contributed by atoms with Crippen LogP contribution in [-0.2, 0) is 12.1 Å². The maximum Gasteiger partial charge on any atom is 0.124 e. The lowest BCUT2D eigenvalue weighted by Gasteiger charge is -2.17. The second-order valence-corrected chi connectivity index (χ2v) is 7.44. The van der Waals surface area contributed by atoms with E-state index < -0.39 is 5.60 Å². The molecule has 7 nitrogen and oxygen atoms in total. The Labute approximate surface area is 162 Å². The van der Waals surface area contributed by atoms with E-state index in [4.69, 9.17) is 5.73 Å². The van der Waals surface area contributed by atoms with Gasteiger partial charge in [0, 0.05) is 10.9 Å². The Bertz CT molecular complexity index is 1160. The van der Waals surface area contributed by atoms with E-state index in [1.165, 1.54) is 0 Å². The lowest BCUT2D eigenvalue weighted by atomic mass is 10.0. The molecule has 1 aromatic carbocycles. The average Bonchev–Trinajstić information content (AvgIpc) is 3.10. The summed E-state index contributed by atoms with van der Waals surface area (Å²) >= 11 is 0. The summed E-state index contributed by atoms with van der Waals surface area (Å²) in [6.45, 7) is 5.90. The number of nitrogens with zero attached hydrogens (tertiary/aromatic N) is 5. The lowest BCUT2D eigenvalue weighted by Crippen LogP contribution is -2.18. The van der Waals surface area contributed by atoms with E-state index >= 15 is 0 Å². The first-order valence-electron chi connectivity index (χ1n) is 9.06. The number of benzene rings is 1. The van der Waals surface area contributed by atoms with E-state index in [1.54, 1.807) is 18.5 Å². The standard InChI is InChI=1S/C21H22N6O/c1-13-6-4-8-15-16(10-19(22)24-20(13)15)17-12-27(26-25-17)11-14-7-5-9-18(23-14)21(2,3)28/h4-10,12,28H,11H2,1-3H3,(H2,22,24). The zero-order valence-electron chi connectivity index (χ0n) is 16.1. The summed E-state index contributed by atoms with van der Waals surface area (Å²) in [5, 5.41) is 19.7. The van der Waals surface area contributed by atoms with Gasteiger partial charge in [-0.05, 0) is 44.5 Å². The second kappa shape index (κ2) is 6.69. The van der Waals surface area contributed by atoms with Crippen molar-refractivity contribution in [1.82, 2.24) is 25.0 Å². The van der Waals surface area contributed by atoms with Crippen LogP contribution in [0.25, 0.3) is 22.2 Å². The molecule has 4 rings (SSSR count). The number of rotatable bonds is 4. The van der Waals surface area contributed by atoms with Gasteiger partial charge in [0.15, 0.2) is 0 Å². The molecule has 4 aromatic rings. The maximum absolute atomic E-state index is 10.2. The number of nitrogens with two attached hydrogens (primary N) is 1. The van der Waals surface area contributed by atoms with Crippen LogP contribution in [0.15, 0.2) is 48.7 Å². The van der Waals surface area contributed by atoms with Crippen LogP contribution in [0, 0.1) is 6.92 Å². The molecule has 0 saturated carbocycles. The molecule has 142 valence electrons. The topological polar surface area (TPSA) is 103 Å². The normalized spacial score (nSPS) is 11.9. The van der Waals surface area contributed by atoms with E-state index in [0.717, 1.165) is 33.4 Å². The molecule has 7 heteroatoms. The highest BCUT2D eigenvalue weighted by atomic mass is 16.3. The Morgan fingerprint density at radius 3 is 2.68 bits per heavy atom. The fraction of sp³-hybridized carbons (Fsp3) is 0.238. The van der Waals surface area contributed by atoms with Gasteiger partial charge in [-0.15, -0.1) is 5.10 Å². The molecule has 3 aromatic heterocycles. The van der Waals surface area contributed by atoms with Gasteiger partial charge in [0.05, 0.1) is 29.6 Å². The van der Waals surface area contributed by atoms with Crippen molar-refractivity contribution in [3.63, 3.8) is 0 Å². The van der Waals surface area contributed by atoms with Crippen LogP contribution in [0.2, 0.25) is 0 Å². The van der Waals surface area contributed by atoms with Gasteiger partial charge in [-0.25, -0.2) is 9.67 Å². The van der Waals surface area contributed by atoms with Crippen LogP contribution >= 0.6 is 0 Å². The number of fused-ring (bicyclic) bond motifs is 1. The lowest BCUT2D eigenvalue weighted by molar-refractivity contribution is 0.0736. The van der Waals surface area contributed by atoms with Crippen molar-refractivity contribution in [3.05, 3.63) is 65.6 Å². The average molecular weight is 374 g/mol. The van der Waals surface area contributed by atoms with E-state index in [1.807, 2.05) is 55.6 Å². The molecular formula is C21H22N6O. The SMILES string of the molecule is Cc1cccc2c(-c3cn(Cc4cccc(C(C)(C)O)n4)nn3)cc(N)nc12. The molecule has 3 heterocycles. The van der Waals surface area contributed by atoms with Crippen molar-refractivity contribution in [1.29, 1.82) is 0 Å². The van der Waals surface area contributed by atoms with Crippen LogP contribution in [0.1, 0.15) is 30.8 Å². The number of para-hydroxylation sites is 1. The molecule has 28 heavy (non-hydrogen) atoms. The van der Waals surface area contributed by atoms with Gasteiger partial charge in [-0.1, -0.05) is 29.5 Å². The molecule has 0 aliphatic heterocycles. The van der Waals surface area contributed by atoms with Crippen molar-refractivity contribution in [2.45, 2.75) is 32.9 Å². The molecular weight excluding hydrogens is 352 g/mol. The smallest absolute Gasteiger partial charge is 0.124 e. The minimum Gasteiger partial charge on any atom is -0.384 e. The molecule has 0 bridgehead atoms. The van der Waals surface area contributed by atoms with Gasteiger partial charge >= 0.3 is 0 Å². The van der Waals surface area contributed by atoms with E-state index in [9.17, 15) is 5.11 Å². The van der Waals surface area contributed by atoms with Crippen LogP contribution in [0.4, 0.5) is 5.82 Å². The molecule has 0 atom stereocenters. The van der Waals surface area contributed by atoms with Crippen LogP contribution in [0.5, 0.6) is 0 Å². The molecule has 0 aliphatic carbocycles. The van der Waals surface area contributed by atoms with Crippen molar-refractivity contribution in [2.75, 3.05) is 5.73 Å².